The minimum absolute atomic E-state index is 0.00481. The number of benzene rings is 1. The van der Waals surface area contributed by atoms with Crippen molar-refractivity contribution in [3.63, 3.8) is 0 Å². The first-order valence-corrected chi connectivity index (χ1v) is 17.3. The summed E-state index contributed by atoms with van der Waals surface area (Å²) in [6, 6.07) is 5.17. The molecular weight excluding hydrogens is 664 g/mol. The molecule has 0 heterocycles. The normalized spacial score (nSPS) is 12.0. The van der Waals surface area contributed by atoms with Crippen molar-refractivity contribution in [1.29, 1.82) is 0 Å². The van der Waals surface area contributed by atoms with Crippen LogP contribution in [0.4, 0.5) is 15.3 Å². The van der Waals surface area contributed by atoms with E-state index < -0.39 is 30.0 Å². The van der Waals surface area contributed by atoms with Gasteiger partial charge in [0, 0.05) is 44.0 Å². The molecule has 0 radical (unpaired) electrons. The van der Waals surface area contributed by atoms with Gasteiger partial charge in [0.15, 0.2) is 11.6 Å². The highest BCUT2D eigenvalue weighted by Gasteiger charge is 2.29. The average Bonchev–Trinajstić information content (AvgIpc) is 3.08. The van der Waals surface area contributed by atoms with Crippen LogP contribution in [0.3, 0.4) is 0 Å². The van der Waals surface area contributed by atoms with E-state index >= 15 is 0 Å². The molecule has 8 N–H and O–H groups in total. The number of nitrogens with two attached hydrogens (primary N) is 2. The molecule has 0 aliphatic rings. The molecule has 1 aromatic rings. The SMILES string of the molecule is CC(=O)COCCOCCNC(=O)OCc1ccc(NC(=O)[C@H](CCCNC(N)=O)CC(=O)[C@@H](NC(=O)CCCCCC(=O)CN)C(C)C)cc1. The zero-order valence-electron chi connectivity index (χ0n) is 30.1. The van der Waals surface area contributed by atoms with Crippen molar-refractivity contribution in [3.05, 3.63) is 29.8 Å². The van der Waals surface area contributed by atoms with Crippen molar-refractivity contribution >= 4 is 47.0 Å². The van der Waals surface area contributed by atoms with Crippen LogP contribution < -0.4 is 32.7 Å². The summed E-state index contributed by atoms with van der Waals surface area (Å²) >= 11 is 0. The molecule has 0 aliphatic carbocycles. The van der Waals surface area contributed by atoms with Gasteiger partial charge in [-0.05, 0) is 56.2 Å². The first kappa shape index (κ1) is 44.6. The predicted molar refractivity (Wildman–Crippen MR) is 189 cm³/mol. The van der Waals surface area contributed by atoms with Gasteiger partial charge in [-0.25, -0.2) is 9.59 Å². The lowest BCUT2D eigenvalue weighted by Gasteiger charge is -2.24. The number of primary amides is 1. The Kier molecular flexibility index (Phi) is 23.1. The average molecular weight is 721 g/mol. The van der Waals surface area contributed by atoms with Crippen LogP contribution in [0.1, 0.15) is 77.7 Å². The van der Waals surface area contributed by atoms with E-state index in [2.05, 4.69) is 21.3 Å². The molecule has 0 saturated carbocycles. The zero-order valence-corrected chi connectivity index (χ0v) is 30.1. The van der Waals surface area contributed by atoms with Crippen LogP contribution in [0.25, 0.3) is 0 Å². The summed E-state index contributed by atoms with van der Waals surface area (Å²) in [5.41, 5.74) is 11.6. The molecule has 0 fully saturated rings. The molecule has 0 aromatic heterocycles. The lowest BCUT2D eigenvalue weighted by atomic mass is 9.89. The molecule has 2 atom stereocenters. The number of carbonyl (C=O) groups is 7. The fraction of sp³-hybridized carbons (Fsp3) is 0.629. The molecule has 51 heavy (non-hydrogen) atoms. The Labute approximate surface area is 299 Å². The number of unbranched alkanes of at least 4 members (excludes halogenated alkanes) is 2. The van der Waals surface area contributed by atoms with Crippen molar-refractivity contribution in [1.82, 2.24) is 16.0 Å². The van der Waals surface area contributed by atoms with Crippen LogP contribution in [0.5, 0.6) is 0 Å². The molecule has 286 valence electrons. The van der Waals surface area contributed by atoms with E-state index in [-0.39, 0.29) is 101 Å². The van der Waals surface area contributed by atoms with Gasteiger partial charge in [-0.1, -0.05) is 32.4 Å². The summed E-state index contributed by atoms with van der Waals surface area (Å²) in [6.07, 6.45) is 2.38. The van der Waals surface area contributed by atoms with E-state index in [0.717, 1.165) is 0 Å². The number of hydrogen-bond acceptors (Lipinski definition) is 11. The van der Waals surface area contributed by atoms with E-state index in [0.29, 0.717) is 43.4 Å². The third-order valence-corrected chi connectivity index (χ3v) is 7.55. The maximum absolute atomic E-state index is 13.4. The van der Waals surface area contributed by atoms with Crippen LogP contribution in [-0.2, 0) is 44.8 Å². The van der Waals surface area contributed by atoms with Gasteiger partial charge in [0.05, 0.1) is 32.4 Å². The number of nitrogens with one attached hydrogen (secondary N) is 4. The van der Waals surface area contributed by atoms with E-state index in [1.54, 1.807) is 24.3 Å². The fourth-order valence-electron chi connectivity index (χ4n) is 4.80. The topological polar surface area (TPSA) is 247 Å². The Morgan fingerprint density at radius 1 is 0.824 bits per heavy atom. The Bertz CT molecular complexity index is 1260. The van der Waals surface area contributed by atoms with Gasteiger partial charge in [0.1, 0.15) is 19.0 Å². The smallest absolute Gasteiger partial charge is 0.407 e. The van der Waals surface area contributed by atoms with Crippen molar-refractivity contribution in [2.45, 2.75) is 84.8 Å². The number of ketones is 3. The van der Waals surface area contributed by atoms with Gasteiger partial charge in [-0.2, -0.15) is 0 Å². The second-order valence-corrected chi connectivity index (χ2v) is 12.4. The Morgan fingerprint density at radius 2 is 1.51 bits per heavy atom. The Morgan fingerprint density at radius 3 is 2.16 bits per heavy atom. The zero-order chi connectivity index (χ0) is 38.0. The van der Waals surface area contributed by atoms with Gasteiger partial charge in [0.25, 0.3) is 0 Å². The lowest BCUT2D eigenvalue weighted by molar-refractivity contribution is -0.131. The number of Topliss-reactive ketones (excluding diaryl/α,β-unsaturated/α-hetero) is 3. The standard InChI is InChI=1S/C35H56N6O10/c1-24(2)32(41-31(45)10-6-4-5-9-29(43)21-36)30(44)20-27(8-7-15-38-34(37)47)33(46)40-28-13-11-26(12-14-28)23-51-35(48)39-16-17-49-18-19-50-22-25(3)42/h11-14,24,27,32H,4-10,15-23,36H2,1-3H3,(H,39,48)(H,40,46)(H,41,45)(H3,37,38,47)/t27-,32+/m1/s1. The van der Waals surface area contributed by atoms with E-state index in [9.17, 15) is 33.6 Å². The Hall–Kier alpha value is -4.41. The summed E-state index contributed by atoms with van der Waals surface area (Å²) in [7, 11) is 0. The highest BCUT2D eigenvalue weighted by molar-refractivity contribution is 5.97. The maximum Gasteiger partial charge on any atom is 0.407 e. The number of ether oxygens (including phenoxy) is 3. The molecule has 0 saturated heterocycles. The molecule has 16 heteroatoms. The molecular formula is C35H56N6O10. The third kappa shape index (κ3) is 22.1. The van der Waals surface area contributed by atoms with Crippen LogP contribution in [-0.4, -0.2) is 93.4 Å². The quantitative estimate of drug-likeness (QED) is 0.0685. The number of alkyl carbamates (subject to hydrolysis) is 1. The van der Waals surface area contributed by atoms with Crippen LogP contribution >= 0.6 is 0 Å². The van der Waals surface area contributed by atoms with Crippen molar-refractivity contribution in [2.24, 2.45) is 23.3 Å². The molecule has 0 spiro atoms. The highest BCUT2D eigenvalue weighted by atomic mass is 16.5. The molecule has 5 amide bonds. The summed E-state index contributed by atoms with van der Waals surface area (Å²) in [5, 5.41) is 10.7. The second-order valence-electron chi connectivity index (χ2n) is 12.4. The van der Waals surface area contributed by atoms with Gasteiger partial charge in [-0.15, -0.1) is 0 Å². The molecule has 0 unspecified atom stereocenters. The fourth-order valence-corrected chi connectivity index (χ4v) is 4.80. The number of rotatable bonds is 28. The summed E-state index contributed by atoms with van der Waals surface area (Å²) < 4.78 is 15.6. The number of hydrogen-bond donors (Lipinski definition) is 6. The Balaban J connectivity index is 2.67. The summed E-state index contributed by atoms with van der Waals surface area (Å²) in [6.45, 7) is 6.34. The van der Waals surface area contributed by atoms with Crippen LogP contribution in [0.2, 0.25) is 0 Å². The van der Waals surface area contributed by atoms with Gasteiger partial charge in [0.2, 0.25) is 11.8 Å². The van der Waals surface area contributed by atoms with E-state index in [1.165, 1.54) is 6.92 Å². The van der Waals surface area contributed by atoms with E-state index in [1.807, 2.05) is 13.8 Å². The summed E-state index contributed by atoms with van der Waals surface area (Å²) in [5.74, 6) is -2.04. The van der Waals surface area contributed by atoms with Gasteiger partial charge < -0.3 is 46.9 Å². The van der Waals surface area contributed by atoms with E-state index in [4.69, 9.17) is 25.7 Å². The number of urea groups is 1. The highest BCUT2D eigenvalue weighted by Crippen LogP contribution is 2.20. The van der Waals surface area contributed by atoms with Crippen molar-refractivity contribution in [2.75, 3.05) is 51.4 Å². The van der Waals surface area contributed by atoms with Crippen molar-refractivity contribution in [3.8, 4) is 0 Å². The van der Waals surface area contributed by atoms with Crippen LogP contribution in [0, 0.1) is 11.8 Å². The van der Waals surface area contributed by atoms with Crippen molar-refractivity contribution < 1.29 is 47.8 Å². The monoisotopic (exact) mass is 720 g/mol. The van der Waals surface area contributed by atoms with Gasteiger partial charge in [-0.3, -0.25) is 24.0 Å². The first-order valence-electron chi connectivity index (χ1n) is 17.3. The molecule has 0 aliphatic heterocycles. The largest absolute Gasteiger partial charge is 0.445 e. The second kappa shape index (κ2) is 26.4. The molecule has 0 bridgehead atoms. The minimum atomic E-state index is -0.794. The number of anilines is 1. The molecule has 16 nitrogen and oxygen atoms in total. The minimum Gasteiger partial charge on any atom is -0.445 e. The van der Waals surface area contributed by atoms with Crippen LogP contribution in [0.15, 0.2) is 24.3 Å². The summed E-state index contributed by atoms with van der Waals surface area (Å²) in [4.78, 5) is 84.8. The number of carbonyl (C=O) groups excluding carboxylic acids is 7. The first-order chi connectivity index (χ1) is 24.3. The molecule has 1 aromatic carbocycles. The molecule has 1 rings (SSSR count). The third-order valence-electron chi connectivity index (χ3n) is 7.55. The number of amides is 5. The maximum atomic E-state index is 13.4. The lowest BCUT2D eigenvalue weighted by Crippen LogP contribution is -2.45. The van der Waals surface area contributed by atoms with Gasteiger partial charge >= 0.3 is 12.1 Å². The predicted octanol–water partition coefficient (Wildman–Crippen LogP) is 2.12.